The Morgan fingerprint density at radius 2 is 1.64 bits per heavy atom. The molecule has 1 saturated heterocycles. The maximum atomic E-state index is 13.4. The molecule has 2 heterocycles. The highest BCUT2D eigenvalue weighted by Crippen LogP contribution is 2.11. The molecule has 1 aromatic heterocycles. The fourth-order valence-electron chi connectivity index (χ4n) is 4.33. The summed E-state index contributed by atoms with van der Waals surface area (Å²) in [4.78, 5) is 51.4. The number of nitrogens with zero attached hydrogens (tertiary/aromatic N) is 2. The molecule has 1 fully saturated rings. The predicted octanol–water partition coefficient (Wildman–Crippen LogP) is 2.04. The van der Waals surface area contributed by atoms with Crippen LogP contribution in [0.5, 0.6) is 0 Å². The van der Waals surface area contributed by atoms with Gasteiger partial charge in [-0.05, 0) is 24.0 Å². The zero-order chi connectivity index (χ0) is 29.6. The number of hydrogen-bond acceptors (Lipinski definition) is 10. The summed E-state index contributed by atoms with van der Waals surface area (Å²) in [6.45, 7) is 3.16. The molecular weight excluding hydrogens is 544 g/mol. The van der Waals surface area contributed by atoms with Crippen molar-refractivity contribution in [2.45, 2.75) is 38.1 Å². The molecular formula is C30H36N4O8. The Morgan fingerprint density at radius 1 is 0.952 bits per heavy atom. The van der Waals surface area contributed by atoms with Crippen LogP contribution in [0.15, 0.2) is 71.3 Å². The smallest absolute Gasteiger partial charge is 0.366 e. The first-order valence-electron chi connectivity index (χ1n) is 13.8. The molecule has 0 unspecified atom stereocenters. The number of aromatic nitrogens is 1. The molecule has 0 spiro atoms. The minimum atomic E-state index is -1.17. The zero-order valence-electron chi connectivity index (χ0n) is 23.5. The minimum absolute atomic E-state index is 0.0429. The molecule has 1 aliphatic rings. The van der Waals surface area contributed by atoms with Gasteiger partial charge in [-0.25, -0.2) is 4.79 Å². The van der Waals surface area contributed by atoms with Gasteiger partial charge < -0.3 is 24.6 Å². The van der Waals surface area contributed by atoms with E-state index in [1.807, 2.05) is 60.7 Å². The number of rotatable bonds is 15. The largest absolute Gasteiger partial charge is 0.382 e. The third-order valence-corrected chi connectivity index (χ3v) is 6.60. The lowest BCUT2D eigenvalue weighted by atomic mass is 10.0. The van der Waals surface area contributed by atoms with E-state index in [0.29, 0.717) is 31.9 Å². The quantitative estimate of drug-likeness (QED) is 0.203. The Hall–Kier alpha value is -4.10. The summed E-state index contributed by atoms with van der Waals surface area (Å²) in [6.07, 6.45) is 0.763. The maximum absolute atomic E-state index is 13.4. The van der Waals surface area contributed by atoms with Gasteiger partial charge in [0.2, 0.25) is 5.91 Å². The first-order valence-corrected chi connectivity index (χ1v) is 13.8. The second-order valence-corrected chi connectivity index (χ2v) is 9.78. The van der Waals surface area contributed by atoms with Crippen LogP contribution in [0.1, 0.15) is 33.8 Å². The lowest BCUT2D eigenvalue weighted by molar-refractivity contribution is -0.282. The monoisotopic (exact) mass is 580 g/mol. The molecule has 2 atom stereocenters. The molecule has 4 rings (SSSR count). The van der Waals surface area contributed by atoms with Crippen LogP contribution in [-0.4, -0.2) is 79.9 Å². The van der Waals surface area contributed by atoms with Crippen molar-refractivity contribution in [3.05, 3.63) is 89.3 Å². The standard InChI is InChI=1S/C30H36N4O8/c1-38-21-27(30(37)42-40-20-23-10-6-3-7-11-23)32-28(35)25(13-12-22-8-4-2-5-9-22)31-29(36)26-18-24(41-33-26)19-34-14-16-39-17-15-34/h2-11,18,25,27H,12-17,19-21H2,1H3,(H,31,36)(H,32,35)/t25-,27-/m0/s1. The van der Waals surface area contributed by atoms with Gasteiger partial charge in [0.15, 0.2) is 17.5 Å². The van der Waals surface area contributed by atoms with Gasteiger partial charge in [0.05, 0.1) is 26.4 Å². The van der Waals surface area contributed by atoms with E-state index in [9.17, 15) is 14.4 Å². The second-order valence-electron chi connectivity index (χ2n) is 9.78. The van der Waals surface area contributed by atoms with Crippen molar-refractivity contribution in [1.29, 1.82) is 0 Å². The second kappa shape index (κ2) is 16.4. The summed E-state index contributed by atoms with van der Waals surface area (Å²) in [6, 6.07) is 18.1. The van der Waals surface area contributed by atoms with Gasteiger partial charge >= 0.3 is 5.97 Å². The molecule has 12 heteroatoms. The molecule has 224 valence electrons. The molecule has 2 amide bonds. The van der Waals surface area contributed by atoms with Gasteiger partial charge in [0.1, 0.15) is 12.6 Å². The molecule has 2 aromatic carbocycles. The summed E-state index contributed by atoms with van der Waals surface area (Å²) in [5, 5.41) is 9.27. The first-order chi connectivity index (χ1) is 20.5. The molecule has 42 heavy (non-hydrogen) atoms. The normalized spacial score (nSPS) is 15.0. The minimum Gasteiger partial charge on any atom is -0.382 e. The Balaban J connectivity index is 1.38. The van der Waals surface area contributed by atoms with Gasteiger partial charge in [-0.1, -0.05) is 65.8 Å². The number of benzene rings is 2. The van der Waals surface area contributed by atoms with Crippen molar-refractivity contribution in [2.75, 3.05) is 40.0 Å². The van der Waals surface area contributed by atoms with Gasteiger partial charge in [0.25, 0.3) is 5.91 Å². The predicted molar refractivity (Wildman–Crippen MR) is 150 cm³/mol. The zero-order valence-corrected chi connectivity index (χ0v) is 23.5. The topological polar surface area (TPSA) is 141 Å². The summed E-state index contributed by atoms with van der Waals surface area (Å²) >= 11 is 0. The van der Waals surface area contributed by atoms with E-state index in [-0.39, 0.29) is 25.3 Å². The highest BCUT2D eigenvalue weighted by molar-refractivity contribution is 5.96. The molecule has 3 aromatic rings. The molecule has 2 N–H and O–H groups in total. The van der Waals surface area contributed by atoms with Gasteiger partial charge in [-0.2, -0.15) is 4.89 Å². The lowest BCUT2D eigenvalue weighted by Gasteiger charge is -2.25. The van der Waals surface area contributed by atoms with Gasteiger partial charge in [-0.15, -0.1) is 0 Å². The van der Waals surface area contributed by atoms with Crippen LogP contribution in [0, 0.1) is 0 Å². The third kappa shape index (κ3) is 9.77. The Kier molecular flexibility index (Phi) is 12.0. The van der Waals surface area contributed by atoms with Gasteiger partial charge in [-0.3, -0.25) is 19.4 Å². The van der Waals surface area contributed by atoms with E-state index in [0.717, 1.165) is 24.2 Å². The SMILES string of the molecule is COC[C@H](NC(=O)[C@H](CCc1ccccc1)NC(=O)c1cc(CN2CCOCC2)on1)C(=O)OOCc1ccccc1. The number of nitrogens with one attached hydrogen (secondary N) is 2. The lowest BCUT2D eigenvalue weighted by Crippen LogP contribution is -2.53. The van der Waals surface area contributed by atoms with E-state index >= 15 is 0 Å². The number of amides is 2. The Bertz CT molecular complexity index is 1260. The highest BCUT2D eigenvalue weighted by atomic mass is 17.2. The van der Waals surface area contributed by atoms with Crippen LogP contribution in [0.4, 0.5) is 0 Å². The van der Waals surface area contributed by atoms with Crippen LogP contribution in [0.25, 0.3) is 0 Å². The summed E-state index contributed by atoms with van der Waals surface area (Å²) in [5.41, 5.74) is 1.85. The fourth-order valence-corrected chi connectivity index (χ4v) is 4.33. The van der Waals surface area contributed by atoms with Crippen LogP contribution in [0.2, 0.25) is 0 Å². The van der Waals surface area contributed by atoms with Crippen LogP contribution >= 0.6 is 0 Å². The van der Waals surface area contributed by atoms with E-state index in [1.54, 1.807) is 6.07 Å². The first kappa shape index (κ1) is 30.8. The van der Waals surface area contributed by atoms with Crippen LogP contribution in [-0.2, 0) is 48.4 Å². The van der Waals surface area contributed by atoms with Crippen molar-refractivity contribution in [1.82, 2.24) is 20.7 Å². The molecule has 0 bridgehead atoms. The van der Waals surface area contributed by atoms with E-state index in [4.69, 9.17) is 23.8 Å². The van der Waals surface area contributed by atoms with E-state index in [2.05, 4.69) is 20.7 Å². The average molecular weight is 581 g/mol. The van der Waals surface area contributed by atoms with Gasteiger partial charge in [0, 0.05) is 26.3 Å². The summed E-state index contributed by atoms with van der Waals surface area (Å²) in [7, 11) is 1.39. The van der Waals surface area contributed by atoms with E-state index in [1.165, 1.54) is 7.11 Å². The van der Waals surface area contributed by atoms with E-state index < -0.39 is 29.9 Å². The molecule has 1 aliphatic heterocycles. The molecule has 12 nitrogen and oxygen atoms in total. The van der Waals surface area contributed by atoms with Crippen LogP contribution in [0.3, 0.4) is 0 Å². The maximum Gasteiger partial charge on any atom is 0.366 e. The van der Waals surface area contributed by atoms with Crippen molar-refractivity contribution in [3.8, 4) is 0 Å². The number of carbonyl (C=O) groups is 3. The van der Waals surface area contributed by atoms with Crippen molar-refractivity contribution in [3.63, 3.8) is 0 Å². The number of ether oxygens (including phenoxy) is 2. The highest BCUT2D eigenvalue weighted by Gasteiger charge is 2.29. The van der Waals surface area contributed by atoms with Crippen molar-refractivity contribution >= 4 is 17.8 Å². The third-order valence-electron chi connectivity index (χ3n) is 6.60. The summed E-state index contributed by atoms with van der Waals surface area (Å²) in [5.74, 6) is -1.46. The summed E-state index contributed by atoms with van der Waals surface area (Å²) < 4.78 is 15.9. The molecule has 0 aliphatic carbocycles. The van der Waals surface area contributed by atoms with Crippen molar-refractivity contribution in [2.24, 2.45) is 0 Å². The Morgan fingerprint density at radius 3 is 2.33 bits per heavy atom. The van der Waals surface area contributed by atoms with Crippen molar-refractivity contribution < 1.29 is 38.2 Å². The molecule has 0 saturated carbocycles. The number of aryl methyl sites for hydroxylation is 1. The number of methoxy groups -OCH3 is 1. The number of carbonyl (C=O) groups excluding carboxylic acids is 3. The Labute approximate surface area is 244 Å². The molecule has 0 radical (unpaired) electrons. The van der Waals surface area contributed by atoms with Crippen LogP contribution < -0.4 is 10.6 Å². The average Bonchev–Trinajstić information content (AvgIpc) is 3.49. The number of hydrogen-bond donors (Lipinski definition) is 2. The fraction of sp³-hybridized carbons (Fsp3) is 0.400. The number of morpholine rings is 1.